The molecule has 1 amide bonds. The third-order valence-electron chi connectivity index (χ3n) is 4.36. The van der Waals surface area contributed by atoms with Crippen molar-refractivity contribution in [2.75, 3.05) is 24.8 Å². The smallest absolute Gasteiger partial charge is 0.268 e. The average molecular weight is 415 g/mol. The minimum Gasteiger partial charge on any atom is -0.495 e. The molecule has 0 radical (unpaired) electrons. The number of amides is 1. The van der Waals surface area contributed by atoms with Gasteiger partial charge in [0.25, 0.3) is 11.5 Å². The van der Waals surface area contributed by atoms with E-state index in [1.54, 1.807) is 54.6 Å². The van der Waals surface area contributed by atoms with Crippen molar-refractivity contribution in [1.82, 2.24) is 4.98 Å². The van der Waals surface area contributed by atoms with Gasteiger partial charge in [0.2, 0.25) is 0 Å². The van der Waals surface area contributed by atoms with Gasteiger partial charge >= 0.3 is 0 Å². The maximum absolute atomic E-state index is 12.4. The fourth-order valence-corrected chi connectivity index (χ4v) is 2.99. The lowest BCUT2D eigenvalue weighted by Crippen LogP contribution is -2.21. The Balaban J connectivity index is 1.93. The number of hydrogen-bond acceptors (Lipinski definition) is 7. The van der Waals surface area contributed by atoms with Crippen molar-refractivity contribution in [2.45, 2.75) is 0 Å². The monoisotopic (exact) mass is 415 g/mol. The molecule has 0 aliphatic heterocycles. The minimum absolute atomic E-state index is 0.0481. The maximum atomic E-state index is 12.4. The highest BCUT2D eigenvalue weighted by molar-refractivity contribution is 5.93. The quantitative estimate of drug-likeness (QED) is 0.558. The van der Waals surface area contributed by atoms with Gasteiger partial charge in [-0.1, -0.05) is 30.3 Å². The van der Waals surface area contributed by atoms with Crippen molar-refractivity contribution in [3.05, 3.63) is 70.0 Å². The number of aromatic amines is 1. The standard InChI is InChI=1S/C22H17N5O4/c1-30-18-9-5-3-7-16(18)26-19(28)12-31-17-8-4-2-6-13(17)20-14(10-23)21(25)27-22(29)15(20)11-24/h2-9H,12H2,1H3,(H,26,28)(H3,25,27,29). The molecule has 31 heavy (non-hydrogen) atoms. The van der Waals surface area contributed by atoms with Crippen LogP contribution >= 0.6 is 0 Å². The van der Waals surface area contributed by atoms with Crippen molar-refractivity contribution < 1.29 is 14.3 Å². The van der Waals surface area contributed by atoms with Crippen LogP contribution < -0.4 is 26.1 Å². The first-order valence-corrected chi connectivity index (χ1v) is 9.01. The molecule has 3 aromatic rings. The second-order valence-electron chi connectivity index (χ2n) is 6.25. The number of anilines is 2. The number of H-pyrrole nitrogens is 1. The molecule has 1 heterocycles. The van der Waals surface area contributed by atoms with Gasteiger partial charge in [-0.25, -0.2) is 0 Å². The lowest BCUT2D eigenvalue weighted by atomic mass is 9.96. The fraction of sp³-hybridized carbons (Fsp3) is 0.0909. The number of benzene rings is 2. The number of nitrogens with one attached hydrogen (secondary N) is 2. The van der Waals surface area contributed by atoms with E-state index >= 15 is 0 Å². The Kier molecular flexibility index (Phi) is 6.19. The van der Waals surface area contributed by atoms with Gasteiger partial charge in [-0.05, 0) is 18.2 Å². The number of nitriles is 2. The summed E-state index contributed by atoms with van der Waals surface area (Å²) < 4.78 is 10.9. The van der Waals surface area contributed by atoms with Gasteiger partial charge in [0.05, 0.1) is 12.8 Å². The molecule has 4 N–H and O–H groups in total. The summed E-state index contributed by atoms with van der Waals surface area (Å²) >= 11 is 0. The van der Waals surface area contributed by atoms with E-state index in [0.29, 0.717) is 17.0 Å². The lowest BCUT2D eigenvalue weighted by Gasteiger charge is -2.15. The highest BCUT2D eigenvalue weighted by Crippen LogP contribution is 2.35. The zero-order valence-corrected chi connectivity index (χ0v) is 16.4. The average Bonchev–Trinajstić information content (AvgIpc) is 2.78. The molecule has 0 aliphatic carbocycles. The predicted molar refractivity (Wildman–Crippen MR) is 113 cm³/mol. The zero-order valence-electron chi connectivity index (χ0n) is 16.4. The van der Waals surface area contributed by atoms with E-state index in [4.69, 9.17) is 15.2 Å². The van der Waals surface area contributed by atoms with Gasteiger partial charge in [-0.3, -0.25) is 9.59 Å². The van der Waals surface area contributed by atoms with Gasteiger partial charge in [-0.2, -0.15) is 10.5 Å². The molecular formula is C22H17N5O4. The second kappa shape index (κ2) is 9.16. The van der Waals surface area contributed by atoms with Crippen molar-refractivity contribution in [1.29, 1.82) is 10.5 Å². The van der Waals surface area contributed by atoms with Gasteiger partial charge in [0, 0.05) is 11.1 Å². The Bertz CT molecular complexity index is 1280. The summed E-state index contributed by atoms with van der Waals surface area (Å²) in [5, 5.41) is 21.7. The first-order chi connectivity index (χ1) is 15.0. The third kappa shape index (κ3) is 4.31. The van der Waals surface area contributed by atoms with E-state index < -0.39 is 11.5 Å². The molecular weight excluding hydrogens is 398 g/mol. The maximum Gasteiger partial charge on any atom is 0.268 e. The van der Waals surface area contributed by atoms with Crippen LogP contribution in [0.2, 0.25) is 0 Å². The summed E-state index contributed by atoms with van der Waals surface area (Å²) in [5.41, 5.74) is 5.53. The topological polar surface area (TPSA) is 154 Å². The Morgan fingerprint density at radius 2 is 1.71 bits per heavy atom. The van der Waals surface area contributed by atoms with Crippen LogP contribution in [0, 0.1) is 22.7 Å². The van der Waals surface area contributed by atoms with Crippen molar-refractivity contribution in [3.63, 3.8) is 0 Å². The number of carbonyl (C=O) groups excluding carboxylic acids is 1. The molecule has 0 fully saturated rings. The summed E-state index contributed by atoms with van der Waals surface area (Å²) in [5.74, 6) is 0.0826. The van der Waals surface area contributed by atoms with Crippen LogP contribution in [-0.4, -0.2) is 24.6 Å². The summed E-state index contributed by atoms with van der Waals surface area (Å²) in [4.78, 5) is 26.9. The van der Waals surface area contributed by atoms with E-state index in [0.717, 1.165) is 0 Å². The number of carbonyl (C=O) groups is 1. The molecule has 0 aliphatic rings. The predicted octanol–water partition coefficient (Wildman–Crippen LogP) is 2.39. The van der Waals surface area contributed by atoms with Crippen molar-refractivity contribution >= 4 is 17.4 Å². The zero-order chi connectivity index (χ0) is 22.4. The molecule has 2 aromatic carbocycles. The molecule has 0 saturated carbocycles. The second-order valence-corrected chi connectivity index (χ2v) is 6.25. The van der Waals surface area contributed by atoms with Gasteiger partial charge in [0.1, 0.15) is 40.6 Å². The van der Waals surface area contributed by atoms with Gasteiger partial charge in [0.15, 0.2) is 6.61 Å². The number of rotatable bonds is 6. The molecule has 0 atom stereocenters. The summed E-state index contributed by atoms with van der Waals surface area (Å²) in [6.07, 6.45) is 0. The molecule has 3 rings (SSSR count). The highest BCUT2D eigenvalue weighted by Gasteiger charge is 2.21. The molecule has 0 bridgehead atoms. The van der Waals surface area contributed by atoms with Gasteiger partial charge < -0.3 is 25.5 Å². The van der Waals surface area contributed by atoms with E-state index in [1.165, 1.54) is 7.11 Å². The number of ether oxygens (including phenoxy) is 2. The largest absolute Gasteiger partial charge is 0.495 e. The minimum atomic E-state index is -0.724. The molecule has 1 aromatic heterocycles. The van der Waals surface area contributed by atoms with Crippen LogP contribution in [0.3, 0.4) is 0 Å². The number of hydrogen-bond donors (Lipinski definition) is 3. The number of methoxy groups -OCH3 is 1. The Hall–Kier alpha value is -4.76. The SMILES string of the molecule is COc1ccccc1NC(=O)COc1ccccc1-c1c(C#N)c(N)[nH]c(=O)c1C#N. The Morgan fingerprint density at radius 1 is 1.06 bits per heavy atom. The Labute approximate surface area is 177 Å². The van der Waals surface area contributed by atoms with Crippen molar-refractivity contribution in [2.24, 2.45) is 0 Å². The number of pyridine rings is 1. The molecule has 0 saturated heterocycles. The summed E-state index contributed by atoms with van der Waals surface area (Å²) in [6.45, 7) is -0.364. The van der Waals surface area contributed by atoms with E-state index in [2.05, 4.69) is 10.3 Å². The summed E-state index contributed by atoms with van der Waals surface area (Å²) in [7, 11) is 1.49. The first-order valence-electron chi connectivity index (χ1n) is 9.01. The number of para-hydroxylation sites is 3. The van der Waals surface area contributed by atoms with Crippen LogP contribution in [0.4, 0.5) is 11.5 Å². The molecule has 0 unspecified atom stereocenters. The van der Waals surface area contributed by atoms with Gasteiger partial charge in [-0.15, -0.1) is 0 Å². The van der Waals surface area contributed by atoms with E-state index in [1.807, 2.05) is 6.07 Å². The number of nitrogens with zero attached hydrogens (tertiary/aromatic N) is 2. The molecule has 0 spiro atoms. The van der Waals surface area contributed by atoms with Crippen LogP contribution in [0.25, 0.3) is 11.1 Å². The van der Waals surface area contributed by atoms with E-state index in [-0.39, 0.29) is 34.9 Å². The number of nitrogens with two attached hydrogens (primary N) is 1. The van der Waals surface area contributed by atoms with E-state index in [9.17, 15) is 20.1 Å². The van der Waals surface area contributed by atoms with Crippen molar-refractivity contribution in [3.8, 4) is 34.8 Å². The normalized spacial score (nSPS) is 9.90. The number of nitrogen functional groups attached to an aromatic ring is 1. The third-order valence-corrected chi connectivity index (χ3v) is 4.36. The fourth-order valence-electron chi connectivity index (χ4n) is 2.99. The summed E-state index contributed by atoms with van der Waals surface area (Å²) in [6, 6.07) is 17.1. The molecule has 154 valence electrons. The van der Waals surface area contributed by atoms with Crippen LogP contribution in [0.5, 0.6) is 11.5 Å². The van der Waals surface area contributed by atoms with Crippen LogP contribution in [0.1, 0.15) is 11.1 Å². The molecule has 9 nitrogen and oxygen atoms in total. The molecule has 9 heteroatoms. The number of aromatic nitrogens is 1. The Morgan fingerprint density at radius 3 is 2.39 bits per heavy atom. The van der Waals surface area contributed by atoms with Crippen LogP contribution in [-0.2, 0) is 4.79 Å². The van der Waals surface area contributed by atoms with Crippen LogP contribution in [0.15, 0.2) is 53.3 Å². The lowest BCUT2D eigenvalue weighted by molar-refractivity contribution is -0.118. The first kappa shape index (κ1) is 21.0. The highest BCUT2D eigenvalue weighted by atomic mass is 16.5.